The normalized spacial score (nSPS) is 24.9. The molecule has 6 heteroatoms. The summed E-state index contributed by atoms with van der Waals surface area (Å²) < 4.78 is 7.65. The highest BCUT2D eigenvalue weighted by atomic mass is 35.5. The number of hydrogen-bond acceptors (Lipinski definition) is 3. The van der Waals surface area contributed by atoms with Crippen molar-refractivity contribution < 1.29 is 4.74 Å². The Balaban J connectivity index is 2.10. The highest BCUT2D eigenvalue weighted by molar-refractivity contribution is 6.31. The molecule has 1 fully saturated rings. The predicted molar refractivity (Wildman–Crippen MR) is 77.9 cm³/mol. The second-order valence-electron chi connectivity index (χ2n) is 5.10. The molecule has 1 aliphatic heterocycles. The maximum Gasteiger partial charge on any atom is 0.0863 e. The minimum Gasteiger partial charge on any atom is -0.371 e. The summed E-state index contributed by atoms with van der Waals surface area (Å²) in [5.41, 5.74) is 2.04. The molecule has 0 aromatic carbocycles. The molecular weight excluding hydrogens is 285 g/mol. The molecule has 2 heterocycles. The molecule has 19 heavy (non-hydrogen) atoms. The van der Waals surface area contributed by atoms with E-state index in [9.17, 15) is 0 Å². The number of rotatable bonds is 4. The molecule has 0 radical (unpaired) electrons. The lowest BCUT2D eigenvalue weighted by Gasteiger charge is -2.36. The minimum absolute atomic E-state index is 0.100. The molecule has 2 rings (SSSR count). The van der Waals surface area contributed by atoms with Crippen molar-refractivity contribution in [1.29, 1.82) is 0 Å². The van der Waals surface area contributed by atoms with Gasteiger partial charge < -0.3 is 4.74 Å². The molecular formula is C13H21Cl2N3O. The first-order valence-electron chi connectivity index (χ1n) is 6.69. The first kappa shape index (κ1) is 15.1. The van der Waals surface area contributed by atoms with Crippen LogP contribution in [0.5, 0.6) is 0 Å². The molecule has 0 amide bonds. The molecule has 1 aliphatic rings. The first-order valence-corrected chi connectivity index (χ1v) is 7.60. The summed E-state index contributed by atoms with van der Waals surface area (Å²) in [5, 5.41) is 5.25. The lowest BCUT2D eigenvalue weighted by Crippen LogP contribution is -2.47. The van der Waals surface area contributed by atoms with Crippen molar-refractivity contribution in [2.45, 2.75) is 39.0 Å². The SMILES string of the molecule is CCc1nn(C)c(CN2CC(C)OC(CCl)C2)c1Cl. The standard InChI is InChI=1S/C13H21Cl2N3O/c1-4-11-13(15)12(17(3)16-11)8-18-6-9(2)19-10(5-14)7-18/h9-10H,4-8H2,1-3H3. The largest absolute Gasteiger partial charge is 0.371 e. The Hall–Kier alpha value is -0.290. The van der Waals surface area contributed by atoms with Gasteiger partial charge >= 0.3 is 0 Å². The number of aromatic nitrogens is 2. The van der Waals surface area contributed by atoms with E-state index in [4.69, 9.17) is 27.9 Å². The van der Waals surface area contributed by atoms with E-state index < -0.39 is 0 Å². The van der Waals surface area contributed by atoms with Gasteiger partial charge in [-0.3, -0.25) is 9.58 Å². The van der Waals surface area contributed by atoms with Crippen LogP contribution in [0.3, 0.4) is 0 Å². The van der Waals surface area contributed by atoms with Crippen LogP contribution in [-0.2, 0) is 24.8 Å². The van der Waals surface area contributed by atoms with Crippen LogP contribution in [0.2, 0.25) is 5.02 Å². The molecule has 0 N–H and O–H groups in total. The second-order valence-corrected chi connectivity index (χ2v) is 5.79. The van der Waals surface area contributed by atoms with E-state index in [0.29, 0.717) is 5.88 Å². The van der Waals surface area contributed by atoms with E-state index in [2.05, 4.69) is 23.8 Å². The van der Waals surface area contributed by atoms with Crippen LogP contribution in [0.1, 0.15) is 25.2 Å². The van der Waals surface area contributed by atoms with Gasteiger partial charge in [0.05, 0.1) is 28.6 Å². The third-order valence-electron chi connectivity index (χ3n) is 3.45. The number of aryl methyl sites for hydroxylation is 2. The molecule has 4 nitrogen and oxygen atoms in total. The summed E-state index contributed by atoms with van der Waals surface area (Å²) in [6.45, 7) is 6.68. The van der Waals surface area contributed by atoms with Crippen LogP contribution in [0.15, 0.2) is 0 Å². The Kier molecular flexibility index (Phi) is 5.12. The van der Waals surface area contributed by atoms with Crippen molar-refractivity contribution in [1.82, 2.24) is 14.7 Å². The fourth-order valence-electron chi connectivity index (χ4n) is 2.56. The summed E-state index contributed by atoms with van der Waals surface area (Å²) in [4.78, 5) is 2.34. The number of morpholine rings is 1. The molecule has 0 bridgehead atoms. The van der Waals surface area contributed by atoms with Crippen LogP contribution < -0.4 is 0 Å². The molecule has 0 spiro atoms. The molecule has 1 saturated heterocycles. The Labute approximate surface area is 124 Å². The average Bonchev–Trinajstić information content (AvgIpc) is 2.65. The zero-order valence-corrected chi connectivity index (χ0v) is 13.2. The van der Waals surface area contributed by atoms with Gasteiger partial charge in [0, 0.05) is 32.6 Å². The first-order chi connectivity index (χ1) is 9.05. The lowest BCUT2D eigenvalue weighted by atomic mass is 10.2. The Morgan fingerprint density at radius 1 is 1.42 bits per heavy atom. The third-order valence-corrected chi connectivity index (χ3v) is 4.23. The highest BCUT2D eigenvalue weighted by Gasteiger charge is 2.26. The quantitative estimate of drug-likeness (QED) is 0.801. The number of hydrogen-bond donors (Lipinski definition) is 0. The van der Waals surface area contributed by atoms with Crippen LogP contribution in [0, 0.1) is 0 Å². The van der Waals surface area contributed by atoms with Gasteiger partial charge in [-0.2, -0.15) is 5.10 Å². The number of alkyl halides is 1. The van der Waals surface area contributed by atoms with E-state index in [1.165, 1.54) is 0 Å². The second kappa shape index (κ2) is 6.44. The fraction of sp³-hybridized carbons (Fsp3) is 0.769. The Morgan fingerprint density at radius 3 is 2.74 bits per heavy atom. The van der Waals surface area contributed by atoms with Gasteiger partial charge in [-0.1, -0.05) is 18.5 Å². The zero-order chi connectivity index (χ0) is 14.0. The number of nitrogens with zero attached hydrogens (tertiary/aromatic N) is 3. The average molecular weight is 306 g/mol. The molecule has 1 aromatic heterocycles. The van der Waals surface area contributed by atoms with E-state index in [1.807, 2.05) is 11.7 Å². The third kappa shape index (κ3) is 3.43. The molecule has 0 aliphatic carbocycles. The minimum atomic E-state index is 0.100. The Morgan fingerprint density at radius 2 is 2.16 bits per heavy atom. The van der Waals surface area contributed by atoms with Crippen LogP contribution in [-0.4, -0.2) is 45.9 Å². The molecule has 2 atom stereocenters. The molecule has 108 valence electrons. The smallest absolute Gasteiger partial charge is 0.0863 e. The van der Waals surface area contributed by atoms with Crippen LogP contribution in [0.4, 0.5) is 0 Å². The van der Waals surface area contributed by atoms with Gasteiger partial charge in [0.15, 0.2) is 0 Å². The van der Waals surface area contributed by atoms with E-state index >= 15 is 0 Å². The summed E-state index contributed by atoms with van der Waals surface area (Å²) in [5.74, 6) is 0.528. The van der Waals surface area contributed by atoms with E-state index in [1.54, 1.807) is 0 Å². The highest BCUT2D eigenvalue weighted by Crippen LogP contribution is 2.23. The predicted octanol–water partition coefficient (Wildman–Crippen LogP) is 2.46. The molecule has 2 unspecified atom stereocenters. The van der Waals surface area contributed by atoms with Crippen molar-refractivity contribution in [2.24, 2.45) is 7.05 Å². The number of ether oxygens (including phenoxy) is 1. The molecule has 1 aromatic rings. The monoisotopic (exact) mass is 305 g/mol. The van der Waals surface area contributed by atoms with Gasteiger partial charge in [-0.25, -0.2) is 0 Å². The Bertz CT molecular complexity index is 436. The van der Waals surface area contributed by atoms with Crippen molar-refractivity contribution in [3.8, 4) is 0 Å². The van der Waals surface area contributed by atoms with E-state index in [0.717, 1.165) is 42.5 Å². The summed E-state index contributed by atoms with van der Waals surface area (Å²) in [7, 11) is 1.95. The number of halogens is 2. The van der Waals surface area contributed by atoms with Gasteiger partial charge in [0.1, 0.15) is 0 Å². The van der Waals surface area contributed by atoms with Gasteiger partial charge in [0.2, 0.25) is 0 Å². The maximum atomic E-state index is 6.39. The van der Waals surface area contributed by atoms with Crippen LogP contribution >= 0.6 is 23.2 Å². The van der Waals surface area contributed by atoms with Crippen molar-refractivity contribution in [2.75, 3.05) is 19.0 Å². The zero-order valence-electron chi connectivity index (χ0n) is 11.7. The van der Waals surface area contributed by atoms with Gasteiger partial charge in [-0.05, 0) is 13.3 Å². The fourth-order valence-corrected chi connectivity index (χ4v) is 3.08. The summed E-state index contributed by atoms with van der Waals surface area (Å²) >= 11 is 12.3. The lowest BCUT2D eigenvalue weighted by molar-refractivity contribution is -0.0694. The van der Waals surface area contributed by atoms with Gasteiger partial charge in [-0.15, -0.1) is 11.6 Å². The van der Waals surface area contributed by atoms with Gasteiger partial charge in [0.25, 0.3) is 0 Å². The van der Waals surface area contributed by atoms with Crippen molar-refractivity contribution in [3.63, 3.8) is 0 Å². The topological polar surface area (TPSA) is 30.3 Å². The van der Waals surface area contributed by atoms with Crippen molar-refractivity contribution >= 4 is 23.2 Å². The summed E-state index contributed by atoms with van der Waals surface area (Å²) in [6.07, 6.45) is 1.16. The van der Waals surface area contributed by atoms with Crippen molar-refractivity contribution in [3.05, 3.63) is 16.4 Å². The maximum absolute atomic E-state index is 6.39. The van der Waals surface area contributed by atoms with E-state index in [-0.39, 0.29) is 12.2 Å². The summed E-state index contributed by atoms with van der Waals surface area (Å²) in [6, 6.07) is 0. The molecule has 0 saturated carbocycles. The van der Waals surface area contributed by atoms with Crippen LogP contribution in [0.25, 0.3) is 0 Å².